The second kappa shape index (κ2) is 6.02. The van der Waals surface area contributed by atoms with Crippen molar-refractivity contribution < 1.29 is 4.79 Å². The summed E-state index contributed by atoms with van der Waals surface area (Å²) in [6.45, 7) is 1.99. The normalized spacial score (nSPS) is 21.4. The lowest BCUT2D eigenvalue weighted by molar-refractivity contribution is 0.0928. The molecular formula is C16H18BrN3O. The van der Waals surface area contributed by atoms with Gasteiger partial charge in [0.1, 0.15) is 0 Å². The van der Waals surface area contributed by atoms with E-state index >= 15 is 0 Å². The predicted molar refractivity (Wildman–Crippen MR) is 85.2 cm³/mol. The number of carbonyl (C=O) groups is 1. The molecule has 1 amide bonds. The average Bonchev–Trinajstić information content (AvgIpc) is 3.12. The van der Waals surface area contributed by atoms with Crippen LogP contribution in [0.25, 0.3) is 0 Å². The van der Waals surface area contributed by atoms with Crippen LogP contribution in [0, 0.1) is 6.92 Å². The van der Waals surface area contributed by atoms with Crippen molar-refractivity contribution in [3.8, 4) is 0 Å². The van der Waals surface area contributed by atoms with Gasteiger partial charge in [0.2, 0.25) is 0 Å². The number of carbonyl (C=O) groups excluding carboxylic acids is 1. The van der Waals surface area contributed by atoms with Crippen LogP contribution in [-0.2, 0) is 0 Å². The minimum Gasteiger partial charge on any atom is -0.347 e. The Bertz CT molecular complexity index is 639. The summed E-state index contributed by atoms with van der Waals surface area (Å²) < 4.78 is 2.98. The summed E-state index contributed by atoms with van der Waals surface area (Å²) in [5.74, 6) is -0.0115. The lowest BCUT2D eigenvalue weighted by Gasteiger charge is -2.22. The minimum absolute atomic E-state index is 0.0115. The minimum atomic E-state index is -0.0115. The Morgan fingerprint density at radius 3 is 3.05 bits per heavy atom. The first-order chi connectivity index (χ1) is 10.2. The van der Waals surface area contributed by atoms with E-state index in [0.29, 0.717) is 11.6 Å². The average molecular weight is 348 g/mol. The van der Waals surface area contributed by atoms with Crippen LogP contribution < -0.4 is 5.32 Å². The van der Waals surface area contributed by atoms with Crippen LogP contribution >= 0.6 is 15.9 Å². The number of nitrogens with zero attached hydrogens (tertiary/aromatic N) is 2. The quantitative estimate of drug-likeness (QED) is 0.923. The van der Waals surface area contributed by atoms with Gasteiger partial charge in [-0.05, 0) is 53.7 Å². The van der Waals surface area contributed by atoms with Gasteiger partial charge in [-0.3, -0.25) is 4.79 Å². The molecule has 1 N–H and O–H groups in total. The van der Waals surface area contributed by atoms with Crippen molar-refractivity contribution >= 4 is 21.8 Å². The summed E-state index contributed by atoms with van der Waals surface area (Å²) in [7, 11) is 0. The molecule has 1 aliphatic carbocycles. The van der Waals surface area contributed by atoms with Gasteiger partial charge >= 0.3 is 0 Å². The molecule has 1 aliphatic rings. The number of aromatic nitrogens is 2. The maximum absolute atomic E-state index is 12.5. The van der Waals surface area contributed by atoms with E-state index in [1.807, 2.05) is 37.6 Å². The van der Waals surface area contributed by atoms with Crippen molar-refractivity contribution in [1.82, 2.24) is 14.9 Å². The molecule has 1 aromatic heterocycles. The van der Waals surface area contributed by atoms with Crippen molar-refractivity contribution in [3.63, 3.8) is 0 Å². The SMILES string of the molecule is Cc1cccc(C(=O)NC2CCCC2n2ccnc2)c1Br. The number of imidazole rings is 1. The molecule has 1 saturated carbocycles. The Kier molecular flexibility index (Phi) is 4.10. The van der Waals surface area contributed by atoms with Gasteiger partial charge in [0, 0.05) is 22.9 Å². The van der Waals surface area contributed by atoms with Crippen molar-refractivity contribution in [3.05, 3.63) is 52.5 Å². The van der Waals surface area contributed by atoms with Gasteiger partial charge in [-0.15, -0.1) is 0 Å². The van der Waals surface area contributed by atoms with Gasteiger partial charge in [0.15, 0.2) is 0 Å². The van der Waals surface area contributed by atoms with Crippen molar-refractivity contribution in [2.75, 3.05) is 0 Å². The topological polar surface area (TPSA) is 46.9 Å². The van der Waals surface area contributed by atoms with Crippen LogP contribution in [0.1, 0.15) is 41.2 Å². The monoisotopic (exact) mass is 347 g/mol. The van der Waals surface area contributed by atoms with Gasteiger partial charge in [0.25, 0.3) is 5.91 Å². The van der Waals surface area contributed by atoms with E-state index < -0.39 is 0 Å². The molecule has 1 heterocycles. The molecule has 0 bridgehead atoms. The first kappa shape index (κ1) is 14.3. The number of rotatable bonds is 3. The van der Waals surface area contributed by atoms with Gasteiger partial charge in [-0.25, -0.2) is 4.98 Å². The number of hydrogen-bond acceptors (Lipinski definition) is 2. The molecular weight excluding hydrogens is 330 g/mol. The standard InChI is InChI=1S/C16H18BrN3O/c1-11-4-2-5-12(15(11)17)16(21)19-13-6-3-7-14(13)20-9-8-18-10-20/h2,4-5,8-10,13-14H,3,6-7H2,1H3,(H,19,21). The first-order valence-electron chi connectivity index (χ1n) is 7.20. The molecule has 0 saturated heterocycles. The maximum Gasteiger partial charge on any atom is 0.252 e. The number of benzene rings is 1. The fourth-order valence-corrected chi connectivity index (χ4v) is 3.44. The predicted octanol–water partition coefficient (Wildman–Crippen LogP) is 3.48. The molecule has 1 aromatic carbocycles. The van der Waals surface area contributed by atoms with Crippen LogP contribution in [-0.4, -0.2) is 21.5 Å². The molecule has 2 unspecified atom stereocenters. The van der Waals surface area contributed by atoms with E-state index in [1.165, 1.54) is 0 Å². The zero-order chi connectivity index (χ0) is 14.8. The van der Waals surface area contributed by atoms with E-state index in [1.54, 1.807) is 6.20 Å². The number of amides is 1. The van der Waals surface area contributed by atoms with Crippen molar-refractivity contribution in [2.45, 2.75) is 38.3 Å². The number of halogens is 1. The third-order valence-corrected chi connectivity index (χ3v) is 5.19. The summed E-state index contributed by atoms with van der Waals surface area (Å²) in [4.78, 5) is 16.6. The Morgan fingerprint density at radius 1 is 1.43 bits per heavy atom. The van der Waals surface area contributed by atoms with Crippen LogP contribution in [0.5, 0.6) is 0 Å². The third-order valence-electron chi connectivity index (χ3n) is 4.14. The highest BCUT2D eigenvalue weighted by Crippen LogP contribution is 2.30. The largest absolute Gasteiger partial charge is 0.347 e. The van der Waals surface area contributed by atoms with Gasteiger partial charge in [-0.1, -0.05) is 12.1 Å². The summed E-state index contributed by atoms with van der Waals surface area (Å²) in [6, 6.07) is 6.23. The third kappa shape index (κ3) is 2.88. The molecule has 2 aromatic rings. The molecule has 21 heavy (non-hydrogen) atoms. The molecule has 110 valence electrons. The number of hydrogen-bond donors (Lipinski definition) is 1. The maximum atomic E-state index is 12.5. The molecule has 2 atom stereocenters. The van der Waals surface area contributed by atoms with E-state index in [0.717, 1.165) is 29.3 Å². The Labute approximate surface area is 132 Å². The van der Waals surface area contributed by atoms with E-state index in [2.05, 4.69) is 30.8 Å². The second-order valence-corrected chi connectivity index (χ2v) is 6.32. The summed E-state index contributed by atoms with van der Waals surface area (Å²) in [6.07, 6.45) is 8.81. The fourth-order valence-electron chi connectivity index (χ4n) is 3.00. The summed E-state index contributed by atoms with van der Waals surface area (Å²) in [5.41, 5.74) is 1.77. The van der Waals surface area contributed by atoms with E-state index in [4.69, 9.17) is 0 Å². The van der Waals surface area contributed by atoms with E-state index in [9.17, 15) is 4.79 Å². The lowest BCUT2D eigenvalue weighted by atomic mass is 10.1. The fraction of sp³-hybridized carbons (Fsp3) is 0.375. The molecule has 0 spiro atoms. The zero-order valence-corrected chi connectivity index (χ0v) is 13.5. The van der Waals surface area contributed by atoms with Crippen molar-refractivity contribution in [1.29, 1.82) is 0 Å². The zero-order valence-electron chi connectivity index (χ0n) is 11.9. The van der Waals surface area contributed by atoms with Crippen LogP contribution in [0.15, 0.2) is 41.4 Å². The highest BCUT2D eigenvalue weighted by Gasteiger charge is 2.30. The summed E-state index contributed by atoms with van der Waals surface area (Å²) in [5, 5.41) is 3.18. The van der Waals surface area contributed by atoms with Gasteiger partial charge in [-0.2, -0.15) is 0 Å². The van der Waals surface area contributed by atoms with Gasteiger partial charge < -0.3 is 9.88 Å². The highest BCUT2D eigenvalue weighted by atomic mass is 79.9. The van der Waals surface area contributed by atoms with Gasteiger partial charge in [0.05, 0.1) is 17.9 Å². The number of aryl methyl sites for hydroxylation is 1. The molecule has 0 aliphatic heterocycles. The Morgan fingerprint density at radius 2 is 2.29 bits per heavy atom. The first-order valence-corrected chi connectivity index (χ1v) is 7.99. The Hall–Kier alpha value is -1.62. The second-order valence-electron chi connectivity index (χ2n) is 5.52. The lowest BCUT2D eigenvalue weighted by Crippen LogP contribution is -2.38. The highest BCUT2D eigenvalue weighted by molar-refractivity contribution is 9.10. The molecule has 5 heteroatoms. The Balaban J connectivity index is 1.76. The van der Waals surface area contributed by atoms with Crippen LogP contribution in [0.3, 0.4) is 0 Å². The van der Waals surface area contributed by atoms with Crippen LogP contribution in [0.2, 0.25) is 0 Å². The number of nitrogens with one attached hydrogen (secondary N) is 1. The molecule has 1 fully saturated rings. The molecule has 0 radical (unpaired) electrons. The molecule has 3 rings (SSSR count). The smallest absolute Gasteiger partial charge is 0.252 e. The van der Waals surface area contributed by atoms with Crippen molar-refractivity contribution in [2.24, 2.45) is 0 Å². The molecule has 4 nitrogen and oxygen atoms in total. The van der Waals surface area contributed by atoms with E-state index in [-0.39, 0.29) is 11.9 Å². The van der Waals surface area contributed by atoms with Crippen LogP contribution in [0.4, 0.5) is 0 Å². The summed E-state index contributed by atoms with van der Waals surface area (Å²) >= 11 is 3.51.